The fraction of sp³-hybridized carbons (Fsp3) is 0.500. The molecule has 84 valence electrons. The first-order valence-corrected chi connectivity index (χ1v) is 6.48. The molecule has 0 aromatic heterocycles. The maximum Gasteiger partial charge on any atom is 0.0550 e. The lowest BCUT2D eigenvalue weighted by molar-refractivity contribution is 0.609. The van der Waals surface area contributed by atoms with E-state index in [0.29, 0.717) is 0 Å². The molecule has 0 bridgehead atoms. The Morgan fingerprint density at radius 2 is 1.87 bits per heavy atom. The van der Waals surface area contributed by atoms with Gasteiger partial charge in [0.15, 0.2) is 0 Å². The first-order valence-electron chi connectivity index (χ1n) is 5.33. The van der Waals surface area contributed by atoms with E-state index in [4.69, 9.17) is 5.84 Å². The molecule has 0 spiro atoms. The number of rotatable bonds is 6. The lowest BCUT2D eigenvalue weighted by atomic mass is 10.1. The van der Waals surface area contributed by atoms with Crippen molar-refractivity contribution >= 4 is 11.8 Å². The van der Waals surface area contributed by atoms with Gasteiger partial charge < -0.3 is 0 Å². The maximum absolute atomic E-state index is 5.56. The summed E-state index contributed by atoms with van der Waals surface area (Å²) in [5.74, 6) is 8.51. The summed E-state index contributed by atoms with van der Waals surface area (Å²) in [6, 6.07) is 10.6. The van der Waals surface area contributed by atoms with Gasteiger partial charge in [-0.2, -0.15) is 11.8 Å². The highest BCUT2D eigenvalue weighted by Gasteiger charge is 2.08. The molecule has 3 heteroatoms. The molecule has 1 atom stereocenters. The Labute approximate surface area is 96.6 Å². The molecule has 1 rings (SSSR count). The van der Waals surface area contributed by atoms with Crippen LogP contribution >= 0.6 is 11.8 Å². The molecule has 0 fully saturated rings. The molecule has 0 aliphatic rings. The van der Waals surface area contributed by atoms with Gasteiger partial charge in [-0.25, -0.2) is 0 Å². The second-order valence-corrected chi connectivity index (χ2v) is 5.14. The Bertz CT molecular complexity index is 262. The molecule has 0 radical (unpaired) electrons. The van der Waals surface area contributed by atoms with E-state index in [0.717, 1.165) is 11.7 Å². The van der Waals surface area contributed by atoms with Crippen LogP contribution in [0.5, 0.6) is 0 Å². The van der Waals surface area contributed by atoms with Crippen molar-refractivity contribution in [2.24, 2.45) is 11.8 Å². The van der Waals surface area contributed by atoms with Crippen LogP contribution in [0.25, 0.3) is 0 Å². The van der Waals surface area contributed by atoms with Crippen LogP contribution in [0.4, 0.5) is 0 Å². The summed E-state index contributed by atoms with van der Waals surface area (Å²) >= 11 is 1.95. The van der Waals surface area contributed by atoms with Gasteiger partial charge in [-0.3, -0.25) is 11.3 Å². The van der Waals surface area contributed by atoms with E-state index in [-0.39, 0.29) is 6.04 Å². The van der Waals surface area contributed by atoms with Gasteiger partial charge >= 0.3 is 0 Å². The lowest BCUT2D eigenvalue weighted by Crippen LogP contribution is -2.29. The van der Waals surface area contributed by atoms with Gasteiger partial charge in [-0.05, 0) is 17.2 Å². The van der Waals surface area contributed by atoms with Gasteiger partial charge in [0.1, 0.15) is 0 Å². The summed E-state index contributed by atoms with van der Waals surface area (Å²) in [5, 5.41) is 0. The summed E-state index contributed by atoms with van der Waals surface area (Å²) in [5.41, 5.74) is 4.13. The fourth-order valence-corrected chi connectivity index (χ4v) is 2.48. The SMILES string of the molecule is CC(C)CSCC(NN)c1ccccc1. The monoisotopic (exact) mass is 224 g/mol. The predicted molar refractivity (Wildman–Crippen MR) is 68.7 cm³/mol. The second-order valence-electron chi connectivity index (χ2n) is 4.06. The van der Waals surface area contributed by atoms with E-state index in [2.05, 4.69) is 31.4 Å². The zero-order chi connectivity index (χ0) is 11.1. The average molecular weight is 224 g/mol. The zero-order valence-corrected chi connectivity index (χ0v) is 10.3. The van der Waals surface area contributed by atoms with E-state index in [1.54, 1.807) is 0 Å². The van der Waals surface area contributed by atoms with E-state index >= 15 is 0 Å². The number of hydrogen-bond acceptors (Lipinski definition) is 3. The topological polar surface area (TPSA) is 38.0 Å². The van der Waals surface area contributed by atoms with Crippen LogP contribution in [0.15, 0.2) is 30.3 Å². The molecule has 1 unspecified atom stereocenters. The van der Waals surface area contributed by atoms with Crippen LogP contribution in [0, 0.1) is 5.92 Å². The molecular formula is C12H20N2S. The van der Waals surface area contributed by atoms with Gasteiger partial charge in [-0.1, -0.05) is 44.2 Å². The van der Waals surface area contributed by atoms with Crippen LogP contribution in [-0.4, -0.2) is 11.5 Å². The van der Waals surface area contributed by atoms with Gasteiger partial charge in [0.25, 0.3) is 0 Å². The third kappa shape index (κ3) is 4.69. The molecule has 0 aliphatic heterocycles. The second kappa shape index (κ2) is 6.88. The summed E-state index contributed by atoms with van der Waals surface area (Å²) in [4.78, 5) is 0. The quantitative estimate of drug-likeness (QED) is 0.576. The number of nitrogens with one attached hydrogen (secondary N) is 1. The summed E-state index contributed by atoms with van der Waals surface area (Å²) < 4.78 is 0. The van der Waals surface area contributed by atoms with Gasteiger partial charge in [0.2, 0.25) is 0 Å². The van der Waals surface area contributed by atoms with Crippen molar-refractivity contribution in [3.8, 4) is 0 Å². The van der Waals surface area contributed by atoms with Gasteiger partial charge in [-0.15, -0.1) is 0 Å². The minimum absolute atomic E-state index is 0.259. The van der Waals surface area contributed by atoms with Crippen LogP contribution in [0.3, 0.4) is 0 Å². The molecule has 15 heavy (non-hydrogen) atoms. The van der Waals surface area contributed by atoms with Gasteiger partial charge in [0.05, 0.1) is 6.04 Å². The Hall–Kier alpha value is -0.510. The smallest absolute Gasteiger partial charge is 0.0550 e. The van der Waals surface area contributed by atoms with Crippen LogP contribution in [-0.2, 0) is 0 Å². The van der Waals surface area contributed by atoms with Crippen molar-refractivity contribution in [1.82, 2.24) is 5.43 Å². The third-order valence-electron chi connectivity index (χ3n) is 2.14. The van der Waals surface area contributed by atoms with E-state index < -0.39 is 0 Å². The van der Waals surface area contributed by atoms with Crippen LogP contribution in [0.2, 0.25) is 0 Å². The molecule has 0 saturated heterocycles. The first-order chi connectivity index (χ1) is 7.24. The maximum atomic E-state index is 5.56. The molecule has 0 saturated carbocycles. The molecule has 0 amide bonds. The van der Waals surface area contributed by atoms with E-state index in [1.165, 1.54) is 11.3 Å². The van der Waals surface area contributed by atoms with Crippen molar-refractivity contribution in [3.05, 3.63) is 35.9 Å². The molecular weight excluding hydrogens is 204 g/mol. The van der Waals surface area contributed by atoms with Crippen molar-refractivity contribution in [2.75, 3.05) is 11.5 Å². The highest BCUT2D eigenvalue weighted by atomic mass is 32.2. The predicted octanol–water partition coefficient (Wildman–Crippen LogP) is 2.58. The zero-order valence-electron chi connectivity index (χ0n) is 9.44. The minimum atomic E-state index is 0.259. The Morgan fingerprint density at radius 1 is 1.20 bits per heavy atom. The van der Waals surface area contributed by atoms with E-state index in [1.807, 2.05) is 30.0 Å². The number of hydrogen-bond donors (Lipinski definition) is 2. The van der Waals surface area contributed by atoms with Crippen molar-refractivity contribution < 1.29 is 0 Å². The first kappa shape index (κ1) is 12.6. The van der Waals surface area contributed by atoms with Gasteiger partial charge in [0, 0.05) is 5.75 Å². The van der Waals surface area contributed by atoms with Crippen LogP contribution in [0.1, 0.15) is 25.5 Å². The summed E-state index contributed by atoms with van der Waals surface area (Å²) in [7, 11) is 0. The summed E-state index contributed by atoms with van der Waals surface area (Å²) in [6.45, 7) is 4.47. The summed E-state index contributed by atoms with van der Waals surface area (Å²) in [6.07, 6.45) is 0. The number of benzene rings is 1. The standard InChI is InChI=1S/C12H20N2S/c1-10(2)8-15-9-12(14-13)11-6-4-3-5-7-11/h3-7,10,12,14H,8-9,13H2,1-2H3. The normalized spacial score (nSPS) is 13.1. The number of hydrazine groups is 1. The molecule has 1 aromatic carbocycles. The largest absolute Gasteiger partial charge is 0.271 e. The molecule has 0 heterocycles. The minimum Gasteiger partial charge on any atom is -0.271 e. The molecule has 2 nitrogen and oxygen atoms in total. The highest BCUT2D eigenvalue weighted by Crippen LogP contribution is 2.18. The Balaban J connectivity index is 2.43. The lowest BCUT2D eigenvalue weighted by Gasteiger charge is -2.16. The molecule has 3 N–H and O–H groups in total. The van der Waals surface area contributed by atoms with E-state index in [9.17, 15) is 0 Å². The third-order valence-corrected chi connectivity index (χ3v) is 3.61. The number of thioether (sulfide) groups is 1. The van der Waals surface area contributed by atoms with Crippen molar-refractivity contribution in [2.45, 2.75) is 19.9 Å². The fourth-order valence-electron chi connectivity index (χ4n) is 1.35. The van der Waals surface area contributed by atoms with Crippen molar-refractivity contribution in [1.29, 1.82) is 0 Å². The Kier molecular flexibility index (Phi) is 5.76. The highest BCUT2D eigenvalue weighted by molar-refractivity contribution is 7.99. The van der Waals surface area contributed by atoms with Crippen molar-refractivity contribution in [3.63, 3.8) is 0 Å². The number of nitrogens with two attached hydrogens (primary N) is 1. The molecule has 0 aliphatic carbocycles. The average Bonchev–Trinajstić information content (AvgIpc) is 2.25. The molecule has 1 aromatic rings. The van der Waals surface area contributed by atoms with Crippen LogP contribution < -0.4 is 11.3 Å². The Morgan fingerprint density at radius 3 is 2.40 bits per heavy atom.